The molecule has 1 rings (SSSR count). The average Bonchev–Trinajstić information content (AvgIpc) is 2.43. The van der Waals surface area contributed by atoms with Gasteiger partial charge in [0.05, 0.1) is 11.9 Å². The monoisotopic (exact) mass is 396 g/mol. The van der Waals surface area contributed by atoms with Gasteiger partial charge in [-0.2, -0.15) is 0 Å². The highest BCUT2D eigenvalue weighted by atomic mass is 32.2. The summed E-state index contributed by atoms with van der Waals surface area (Å²) in [4.78, 5) is 13.1. The first-order valence-electron chi connectivity index (χ1n) is 9.46. The van der Waals surface area contributed by atoms with E-state index < -0.39 is 21.6 Å². The molecule has 0 aliphatic carbocycles. The van der Waals surface area contributed by atoms with Gasteiger partial charge in [0.2, 0.25) is 15.9 Å². The van der Waals surface area contributed by atoms with Gasteiger partial charge in [0.1, 0.15) is 6.04 Å². The van der Waals surface area contributed by atoms with E-state index in [4.69, 9.17) is 0 Å². The SMILES string of the molecule is CC[C@@H](C(=O)NC(C)(C)CC(C)(C)C)N(c1ccc(C)c(C)c1)S(C)(=O)=O. The second kappa shape index (κ2) is 8.21. The molecule has 1 atom stereocenters. The van der Waals surface area contributed by atoms with Crippen LogP contribution in [-0.2, 0) is 14.8 Å². The molecule has 0 spiro atoms. The van der Waals surface area contributed by atoms with Crippen molar-refractivity contribution in [1.29, 1.82) is 0 Å². The van der Waals surface area contributed by atoms with Crippen LogP contribution in [0.4, 0.5) is 5.69 Å². The topological polar surface area (TPSA) is 66.5 Å². The van der Waals surface area contributed by atoms with Crippen LogP contribution in [0, 0.1) is 19.3 Å². The first-order valence-corrected chi connectivity index (χ1v) is 11.3. The van der Waals surface area contributed by atoms with Crippen LogP contribution in [-0.4, -0.2) is 32.2 Å². The van der Waals surface area contributed by atoms with Gasteiger partial charge in [0.15, 0.2) is 0 Å². The second-order valence-electron chi connectivity index (χ2n) is 9.36. The van der Waals surface area contributed by atoms with Gasteiger partial charge in [-0.3, -0.25) is 9.10 Å². The van der Waals surface area contributed by atoms with Crippen molar-refractivity contribution in [3.05, 3.63) is 29.3 Å². The maximum Gasteiger partial charge on any atom is 0.244 e. The van der Waals surface area contributed by atoms with Crippen LogP contribution in [0.1, 0.15) is 65.5 Å². The van der Waals surface area contributed by atoms with E-state index in [1.807, 2.05) is 46.8 Å². The van der Waals surface area contributed by atoms with E-state index >= 15 is 0 Å². The molecule has 1 aromatic rings. The number of amides is 1. The minimum atomic E-state index is -3.62. The van der Waals surface area contributed by atoms with Crippen molar-refractivity contribution in [2.75, 3.05) is 10.6 Å². The van der Waals surface area contributed by atoms with Gasteiger partial charge < -0.3 is 5.32 Å². The minimum Gasteiger partial charge on any atom is -0.349 e. The molecule has 0 heterocycles. The summed E-state index contributed by atoms with van der Waals surface area (Å²) in [5, 5.41) is 3.07. The molecule has 27 heavy (non-hydrogen) atoms. The van der Waals surface area contributed by atoms with Crippen molar-refractivity contribution >= 4 is 21.6 Å². The fraction of sp³-hybridized carbons (Fsp3) is 0.667. The number of anilines is 1. The second-order valence-corrected chi connectivity index (χ2v) is 11.2. The fourth-order valence-electron chi connectivity index (χ4n) is 3.71. The normalized spacial score (nSPS) is 14.0. The molecule has 6 heteroatoms. The Kier molecular flexibility index (Phi) is 7.14. The molecule has 0 radical (unpaired) electrons. The van der Waals surface area contributed by atoms with Crippen LogP contribution in [0.15, 0.2) is 18.2 Å². The minimum absolute atomic E-state index is 0.0447. The number of benzene rings is 1. The molecule has 1 aromatic carbocycles. The lowest BCUT2D eigenvalue weighted by Crippen LogP contribution is -2.55. The number of sulfonamides is 1. The summed E-state index contributed by atoms with van der Waals surface area (Å²) in [6, 6.07) is 4.69. The number of carbonyl (C=O) groups excluding carboxylic acids is 1. The zero-order chi connectivity index (χ0) is 21.2. The standard InChI is InChI=1S/C21H36N2O3S/c1-10-18(19(24)22-21(7,8)14-20(4,5)6)23(27(9,25)26)17-12-11-15(2)16(3)13-17/h11-13,18H,10,14H2,1-9H3,(H,22,24)/t18-/m0/s1. The molecule has 0 unspecified atom stereocenters. The van der Waals surface area contributed by atoms with E-state index in [-0.39, 0.29) is 11.3 Å². The summed E-state index contributed by atoms with van der Waals surface area (Å²) < 4.78 is 26.4. The molecule has 0 bridgehead atoms. The Morgan fingerprint density at radius 1 is 1.11 bits per heavy atom. The van der Waals surface area contributed by atoms with Crippen LogP contribution in [0.3, 0.4) is 0 Å². The Hall–Kier alpha value is -1.56. The third-order valence-electron chi connectivity index (χ3n) is 4.51. The first kappa shape index (κ1) is 23.5. The van der Waals surface area contributed by atoms with Crippen LogP contribution in [0.25, 0.3) is 0 Å². The molecular weight excluding hydrogens is 360 g/mol. The number of hydrogen-bond donors (Lipinski definition) is 1. The maximum atomic E-state index is 13.1. The summed E-state index contributed by atoms with van der Waals surface area (Å²) in [6.45, 7) is 16.1. The van der Waals surface area contributed by atoms with E-state index in [0.29, 0.717) is 12.1 Å². The predicted octanol–water partition coefficient (Wildman–Crippen LogP) is 4.18. The van der Waals surface area contributed by atoms with Crippen molar-refractivity contribution in [1.82, 2.24) is 5.32 Å². The molecule has 5 nitrogen and oxygen atoms in total. The third kappa shape index (κ3) is 6.83. The lowest BCUT2D eigenvalue weighted by molar-refractivity contribution is -0.124. The molecule has 0 aliphatic heterocycles. The number of nitrogens with zero attached hydrogens (tertiary/aromatic N) is 1. The highest BCUT2D eigenvalue weighted by Gasteiger charge is 2.35. The number of nitrogens with one attached hydrogen (secondary N) is 1. The number of carbonyl (C=O) groups is 1. The van der Waals surface area contributed by atoms with E-state index in [1.54, 1.807) is 6.07 Å². The molecule has 0 fully saturated rings. The summed E-state index contributed by atoms with van der Waals surface area (Å²) in [7, 11) is -3.62. The van der Waals surface area contributed by atoms with E-state index in [0.717, 1.165) is 23.8 Å². The zero-order valence-corrected chi connectivity index (χ0v) is 19.1. The molecule has 0 saturated carbocycles. The average molecular weight is 397 g/mol. The lowest BCUT2D eigenvalue weighted by Gasteiger charge is -2.37. The number of hydrogen-bond acceptors (Lipinski definition) is 3. The fourth-order valence-corrected chi connectivity index (χ4v) is 4.91. The summed E-state index contributed by atoms with van der Waals surface area (Å²) in [5.74, 6) is -0.268. The summed E-state index contributed by atoms with van der Waals surface area (Å²) in [6.07, 6.45) is 2.32. The van der Waals surface area contributed by atoms with Gasteiger partial charge in [0, 0.05) is 5.54 Å². The third-order valence-corrected chi connectivity index (χ3v) is 5.69. The van der Waals surface area contributed by atoms with Gasteiger partial charge in [-0.25, -0.2) is 8.42 Å². The van der Waals surface area contributed by atoms with Crippen molar-refractivity contribution in [3.63, 3.8) is 0 Å². The molecule has 0 aliphatic rings. The van der Waals surface area contributed by atoms with Crippen LogP contribution < -0.4 is 9.62 Å². The summed E-state index contributed by atoms with van der Waals surface area (Å²) in [5.41, 5.74) is 2.20. The predicted molar refractivity (Wildman–Crippen MR) is 114 cm³/mol. The van der Waals surface area contributed by atoms with Crippen molar-refractivity contribution in [3.8, 4) is 0 Å². The quantitative estimate of drug-likeness (QED) is 0.752. The van der Waals surface area contributed by atoms with Crippen molar-refractivity contribution in [2.24, 2.45) is 5.41 Å². The smallest absolute Gasteiger partial charge is 0.244 e. The van der Waals surface area contributed by atoms with E-state index in [2.05, 4.69) is 26.1 Å². The Labute approximate surface area is 165 Å². The number of aryl methyl sites for hydroxylation is 2. The number of rotatable bonds is 7. The van der Waals surface area contributed by atoms with Crippen LogP contribution >= 0.6 is 0 Å². The molecule has 1 N–H and O–H groups in total. The molecular formula is C21H36N2O3S. The maximum absolute atomic E-state index is 13.1. The highest BCUT2D eigenvalue weighted by molar-refractivity contribution is 7.92. The van der Waals surface area contributed by atoms with Crippen LogP contribution in [0.2, 0.25) is 0 Å². The van der Waals surface area contributed by atoms with Crippen LogP contribution in [0.5, 0.6) is 0 Å². The summed E-state index contributed by atoms with van der Waals surface area (Å²) >= 11 is 0. The van der Waals surface area contributed by atoms with Crippen molar-refractivity contribution in [2.45, 2.75) is 79.8 Å². The van der Waals surface area contributed by atoms with Gasteiger partial charge in [-0.05, 0) is 69.2 Å². The Morgan fingerprint density at radius 3 is 2.07 bits per heavy atom. The molecule has 154 valence electrons. The molecule has 0 saturated heterocycles. The molecule has 1 amide bonds. The van der Waals surface area contributed by atoms with Gasteiger partial charge in [-0.15, -0.1) is 0 Å². The zero-order valence-electron chi connectivity index (χ0n) is 18.3. The van der Waals surface area contributed by atoms with Crippen molar-refractivity contribution < 1.29 is 13.2 Å². The van der Waals surface area contributed by atoms with E-state index in [9.17, 15) is 13.2 Å². The Balaban J connectivity index is 3.26. The van der Waals surface area contributed by atoms with E-state index in [1.165, 1.54) is 4.31 Å². The lowest BCUT2D eigenvalue weighted by atomic mass is 9.81. The van der Waals surface area contributed by atoms with Gasteiger partial charge >= 0.3 is 0 Å². The van der Waals surface area contributed by atoms with Gasteiger partial charge in [-0.1, -0.05) is 33.8 Å². The Bertz CT molecular complexity index is 777. The van der Waals surface area contributed by atoms with Gasteiger partial charge in [0.25, 0.3) is 0 Å². The molecule has 0 aromatic heterocycles. The first-order chi connectivity index (χ1) is 12.1. The highest BCUT2D eigenvalue weighted by Crippen LogP contribution is 2.28. The Morgan fingerprint density at radius 2 is 1.67 bits per heavy atom. The largest absolute Gasteiger partial charge is 0.349 e.